The molecule has 0 spiro atoms. The maximum absolute atomic E-state index is 5.81. The van der Waals surface area contributed by atoms with Crippen LogP contribution in [0.2, 0.25) is 0 Å². The minimum atomic E-state index is 0.215. The molecule has 6 rings (SSSR count). The number of hydrogen-bond donors (Lipinski definition) is 0. The van der Waals surface area contributed by atoms with Crippen molar-refractivity contribution < 1.29 is 9.47 Å². The van der Waals surface area contributed by atoms with Crippen molar-refractivity contribution in [1.82, 2.24) is 24.5 Å². The van der Waals surface area contributed by atoms with Gasteiger partial charge in [-0.3, -0.25) is 9.88 Å². The molecule has 0 amide bonds. The van der Waals surface area contributed by atoms with Crippen molar-refractivity contribution in [1.29, 1.82) is 0 Å². The highest BCUT2D eigenvalue weighted by molar-refractivity contribution is 5.85. The predicted octanol–water partition coefficient (Wildman–Crippen LogP) is 3.72. The second-order valence-corrected chi connectivity index (χ2v) is 8.81. The van der Waals surface area contributed by atoms with Gasteiger partial charge in [-0.15, -0.1) is 5.10 Å². The van der Waals surface area contributed by atoms with E-state index in [-0.39, 0.29) is 6.79 Å². The van der Waals surface area contributed by atoms with Crippen LogP contribution in [0.4, 0.5) is 5.82 Å². The molecule has 0 aliphatic carbocycles. The van der Waals surface area contributed by atoms with Crippen LogP contribution in [0, 0.1) is 0 Å². The number of nitrogens with zero attached hydrogens (tertiary/aromatic N) is 6. The van der Waals surface area contributed by atoms with Gasteiger partial charge < -0.3 is 14.4 Å². The number of pyridine rings is 1. The second-order valence-electron chi connectivity index (χ2n) is 8.81. The fourth-order valence-electron chi connectivity index (χ4n) is 4.76. The molecule has 0 bridgehead atoms. The smallest absolute Gasteiger partial charge is 0.231 e. The Balaban J connectivity index is 1.53. The van der Waals surface area contributed by atoms with E-state index in [1.165, 1.54) is 0 Å². The first-order valence-corrected chi connectivity index (χ1v) is 11.3. The molecular weight excluding hydrogens is 416 g/mol. The van der Waals surface area contributed by atoms with Gasteiger partial charge in [0.1, 0.15) is 17.2 Å². The zero-order valence-corrected chi connectivity index (χ0v) is 19.0. The fourth-order valence-corrected chi connectivity index (χ4v) is 4.76. The van der Waals surface area contributed by atoms with Gasteiger partial charge in [-0.2, -0.15) is 0 Å². The molecule has 8 heteroatoms. The maximum atomic E-state index is 5.81. The molecule has 0 N–H and O–H groups in total. The zero-order valence-electron chi connectivity index (χ0n) is 19.0. The molecule has 2 aliphatic heterocycles. The molecule has 4 aromatic rings. The molecule has 1 fully saturated rings. The van der Waals surface area contributed by atoms with Crippen molar-refractivity contribution in [3.05, 3.63) is 54.9 Å². The number of hydrogen-bond acceptors (Lipinski definition) is 7. The fraction of sp³-hybridized carbons (Fsp3) is 0.320. The molecule has 8 nitrogen and oxygen atoms in total. The molecule has 2 aliphatic rings. The summed E-state index contributed by atoms with van der Waals surface area (Å²) in [6, 6.07) is 14.9. The largest absolute Gasteiger partial charge is 0.454 e. The maximum Gasteiger partial charge on any atom is 0.231 e. The number of para-hydroxylation sites is 1. The SMILES string of the molecule is CC1CN(c2ccc3nc(-c4cccc5c4OCO5)c(-c4ccncc4)n3n2)CC(C)N1C. The van der Waals surface area contributed by atoms with Gasteiger partial charge in [0.15, 0.2) is 17.1 Å². The van der Waals surface area contributed by atoms with Crippen molar-refractivity contribution in [2.75, 3.05) is 31.8 Å². The van der Waals surface area contributed by atoms with Gasteiger partial charge in [0, 0.05) is 48.7 Å². The van der Waals surface area contributed by atoms with Crippen molar-refractivity contribution in [3.8, 4) is 34.0 Å². The summed E-state index contributed by atoms with van der Waals surface area (Å²) < 4.78 is 13.4. The van der Waals surface area contributed by atoms with Crippen molar-refractivity contribution in [3.63, 3.8) is 0 Å². The second kappa shape index (κ2) is 7.74. The van der Waals surface area contributed by atoms with E-state index in [1.54, 1.807) is 12.4 Å². The van der Waals surface area contributed by atoms with Crippen molar-refractivity contribution in [2.45, 2.75) is 25.9 Å². The van der Waals surface area contributed by atoms with Crippen molar-refractivity contribution >= 4 is 11.5 Å². The Morgan fingerprint density at radius 1 is 0.939 bits per heavy atom. The van der Waals surface area contributed by atoms with E-state index >= 15 is 0 Å². The first-order valence-electron chi connectivity index (χ1n) is 11.3. The number of ether oxygens (including phenoxy) is 2. The summed E-state index contributed by atoms with van der Waals surface area (Å²) in [6.45, 7) is 6.60. The molecule has 168 valence electrons. The van der Waals surface area contributed by atoms with Gasteiger partial charge in [0.2, 0.25) is 6.79 Å². The number of aromatic nitrogens is 4. The van der Waals surface area contributed by atoms with Gasteiger partial charge >= 0.3 is 0 Å². The van der Waals surface area contributed by atoms with E-state index in [1.807, 2.05) is 40.9 Å². The highest BCUT2D eigenvalue weighted by Gasteiger charge is 2.29. The number of rotatable bonds is 3. The standard InChI is InChI=1S/C25H26N6O2/c1-16-13-30(14-17(2)29(16)3)22-8-7-21-27-23(19-5-4-6-20-25(19)33-15-32-20)24(31(21)28-22)18-9-11-26-12-10-18/h4-12,16-17H,13-15H2,1-3H3. The van der Waals surface area contributed by atoms with Gasteiger partial charge in [-0.1, -0.05) is 6.07 Å². The minimum Gasteiger partial charge on any atom is -0.454 e. The highest BCUT2D eigenvalue weighted by Crippen LogP contribution is 2.44. The highest BCUT2D eigenvalue weighted by atomic mass is 16.7. The van der Waals surface area contributed by atoms with Gasteiger partial charge in [0.25, 0.3) is 0 Å². The lowest BCUT2D eigenvalue weighted by molar-refractivity contribution is 0.169. The van der Waals surface area contributed by atoms with Crippen LogP contribution in [-0.4, -0.2) is 63.5 Å². The summed E-state index contributed by atoms with van der Waals surface area (Å²) >= 11 is 0. The molecule has 3 aromatic heterocycles. The number of benzene rings is 1. The molecule has 33 heavy (non-hydrogen) atoms. The molecule has 2 atom stereocenters. The normalized spacial score (nSPS) is 20.5. The van der Waals surface area contributed by atoms with Gasteiger partial charge in [0.05, 0.1) is 0 Å². The summed E-state index contributed by atoms with van der Waals surface area (Å²) in [6.07, 6.45) is 3.59. The minimum absolute atomic E-state index is 0.215. The Kier molecular flexibility index (Phi) is 4.69. The van der Waals surface area contributed by atoms with Crippen LogP contribution in [0.3, 0.4) is 0 Å². The number of imidazole rings is 1. The van der Waals surface area contributed by atoms with E-state index in [0.29, 0.717) is 12.1 Å². The summed E-state index contributed by atoms with van der Waals surface area (Å²) in [4.78, 5) is 14.0. The van der Waals surface area contributed by atoms with Crippen LogP contribution in [0.15, 0.2) is 54.9 Å². The molecule has 0 radical (unpaired) electrons. The third kappa shape index (κ3) is 3.29. The Bertz CT molecular complexity index is 1310. The summed E-state index contributed by atoms with van der Waals surface area (Å²) in [5.74, 6) is 2.41. The summed E-state index contributed by atoms with van der Waals surface area (Å²) in [7, 11) is 2.19. The molecule has 1 saturated heterocycles. The molecule has 0 saturated carbocycles. The summed E-state index contributed by atoms with van der Waals surface area (Å²) in [5, 5.41) is 5.08. The predicted molar refractivity (Wildman–Crippen MR) is 127 cm³/mol. The average molecular weight is 443 g/mol. The van der Waals surface area contributed by atoms with Crippen LogP contribution in [0.1, 0.15) is 13.8 Å². The zero-order chi connectivity index (χ0) is 22.5. The third-order valence-corrected chi connectivity index (χ3v) is 6.75. The van der Waals surface area contributed by atoms with E-state index in [0.717, 1.165) is 58.6 Å². The Hall–Kier alpha value is -3.65. The van der Waals surface area contributed by atoms with E-state index in [9.17, 15) is 0 Å². The van der Waals surface area contributed by atoms with Gasteiger partial charge in [-0.25, -0.2) is 9.50 Å². The lowest BCUT2D eigenvalue weighted by Gasteiger charge is -2.42. The monoisotopic (exact) mass is 442 g/mol. The lowest BCUT2D eigenvalue weighted by atomic mass is 10.0. The molecule has 1 aromatic carbocycles. The molecule has 5 heterocycles. The van der Waals surface area contributed by atoms with Crippen LogP contribution < -0.4 is 14.4 Å². The number of piperazine rings is 1. The number of fused-ring (bicyclic) bond motifs is 2. The van der Waals surface area contributed by atoms with Crippen LogP contribution in [-0.2, 0) is 0 Å². The third-order valence-electron chi connectivity index (χ3n) is 6.75. The van der Waals surface area contributed by atoms with Crippen LogP contribution in [0.25, 0.3) is 28.2 Å². The first kappa shape index (κ1) is 20.0. The van der Waals surface area contributed by atoms with E-state index < -0.39 is 0 Å². The molecular formula is C25H26N6O2. The van der Waals surface area contributed by atoms with Crippen LogP contribution in [0.5, 0.6) is 11.5 Å². The lowest BCUT2D eigenvalue weighted by Crippen LogP contribution is -2.55. The number of likely N-dealkylation sites (N-methyl/N-ethyl adjacent to an activating group) is 1. The van der Waals surface area contributed by atoms with Crippen LogP contribution >= 0.6 is 0 Å². The first-order chi connectivity index (χ1) is 16.1. The van der Waals surface area contributed by atoms with E-state index in [2.05, 4.69) is 41.7 Å². The Labute approximate surface area is 192 Å². The topological polar surface area (TPSA) is 68.0 Å². The van der Waals surface area contributed by atoms with Gasteiger partial charge in [-0.05, 0) is 57.3 Å². The molecule has 2 unspecified atom stereocenters. The number of anilines is 1. The van der Waals surface area contributed by atoms with Crippen molar-refractivity contribution in [2.24, 2.45) is 0 Å². The Morgan fingerprint density at radius 3 is 2.52 bits per heavy atom. The summed E-state index contributed by atoms with van der Waals surface area (Å²) in [5.41, 5.74) is 4.40. The average Bonchev–Trinajstić information content (AvgIpc) is 3.47. The van der Waals surface area contributed by atoms with E-state index in [4.69, 9.17) is 19.6 Å². The quantitative estimate of drug-likeness (QED) is 0.479. The Morgan fingerprint density at radius 2 is 1.73 bits per heavy atom.